The van der Waals surface area contributed by atoms with Gasteiger partial charge in [0, 0.05) is 0 Å². The molecule has 108 valence electrons. The molecule has 7 heteroatoms. The van der Waals surface area contributed by atoms with E-state index in [1.54, 1.807) is 12.1 Å². The maximum atomic E-state index is 11.8. The zero-order valence-electron chi connectivity index (χ0n) is 11.1. The Kier molecular flexibility index (Phi) is 6.41. The number of benzene rings is 1. The molecule has 0 heterocycles. The summed E-state index contributed by atoms with van der Waals surface area (Å²) in [5, 5.41) is 3.35. The van der Waals surface area contributed by atoms with Crippen LogP contribution in [0.5, 0.6) is 5.75 Å². The Balaban J connectivity index is 2.60. The summed E-state index contributed by atoms with van der Waals surface area (Å²) < 4.78 is 31.2. The van der Waals surface area contributed by atoms with Crippen molar-refractivity contribution < 1.29 is 13.2 Å². The van der Waals surface area contributed by atoms with Crippen molar-refractivity contribution in [1.29, 1.82) is 0 Å². The fourth-order valence-electron chi connectivity index (χ4n) is 1.55. The van der Waals surface area contributed by atoms with E-state index in [-0.39, 0.29) is 5.75 Å². The van der Waals surface area contributed by atoms with E-state index in [1.807, 2.05) is 7.05 Å². The van der Waals surface area contributed by atoms with Crippen molar-refractivity contribution in [3.63, 3.8) is 0 Å². The number of methoxy groups -OCH3 is 1. The molecule has 1 aromatic rings. The number of halogens is 1. The highest BCUT2D eigenvalue weighted by Crippen LogP contribution is 2.27. The third-order valence-electron chi connectivity index (χ3n) is 2.51. The molecule has 0 saturated heterocycles. The number of unbranched alkanes of at least 4 members (excludes halogenated alkanes) is 1. The lowest BCUT2D eigenvalue weighted by molar-refractivity contribution is 0.415. The van der Waals surface area contributed by atoms with E-state index in [2.05, 4.69) is 10.0 Å². The lowest BCUT2D eigenvalue weighted by Gasteiger charge is -2.09. The summed E-state index contributed by atoms with van der Waals surface area (Å²) >= 11 is 5.94. The Morgan fingerprint density at radius 3 is 2.63 bits per heavy atom. The van der Waals surface area contributed by atoms with E-state index in [0.29, 0.717) is 22.9 Å². The van der Waals surface area contributed by atoms with E-state index in [4.69, 9.17) is 16.3 Å². The molecule has 0 saturated carbocycles. The molecular formula is C12H19ClN2O3S. The van der Waals surface area contributed by atoms with E-state index < -0.39 is 10.0 Å². The van der Waals surface area contributed by atoms with Gasteiger partial charge in [0.1, 0.15) is 5.75 Å². The van der Waals surface area contributed by atoms with Gasteiger partial charge in [-0.25, -0.2) is 8.42 Å². The molecule has 0 bridgehead atoms. The van der Waals surface area contributed by atoms with Gasteiger partial charge in [-0.2, -0.15) is 0 Å². The fourth-order valence-corrected chi connectivity index (χ4v) is 2.98. The second-order valence-corrected chi connectivity index (χ2v) is 6.33. The van der Waals surface area contributed by atoms with Gasteiger partial charge in [0.05, 0.1) is 23.6 Å². The summed E-state index contributed by atoms with van der Waals surface area (Å²) in [6, 6.07) is 4.78. The highest BCUT2D eigenvalue weighted by atomic mass is 35.5. The summed E-state index contributed by atoms with van der Waals surface area (Å²) in [4.78, 5) is 0. The second-order valence-electron chi connectivity index (χ2n) is 4.08. The Morgan fingerprint density at radius 2 is 2.05 bits per heavy atom. The smallest absolute Gasteiger partial charge is 0.232 e. The predicted octanol–water partition coefficient (Wildman–Crippen LogP) is 2.09. The molecule has 0 aliphatic rings. The summed E-state index contributed by atoms with van der Waals surface area (Å²) in [7, 11) is 0.0175. The lowest BCUT2D eigenvalue weighted by atomic mass is 10.3. The van der Waals surface area contributed by atoms with Crippen LogP contribution < -0.4 is 14.8 Å². The summed E-state index contributed by atoms with van der Waals surface area (Å²) in [6.07, 6.45) is 1.43. The summed E-state index contributed by atoms with van der Waals surface area (Å²) in [6.45, 7) is 0.809. The van der Waals surface area contributed by atoms with Crippen molar-refractivity contribution in [2.45, 2.75) is 12.8 Å². The number of hydrogen-bond acceptors (Lipinski definition) is 4. The van der Waals surface area contributed by atoms with E-state index >= 15 is 0 Å². The van der Waals surface area contributed by atoms with Gasteiger partial charge in [-0.3, -0.25) is 4.72 Å². The van der Waals surface area contributed by atoms with Crippen LogP contribution in [0.15, 0.2) is 18.2 Å². The number of anilines is 1. The molecule has 19 heavy (non-hydrogen) atoms. The standard InChI is InChI=1S/C12H19ClN2O3S/c1-14-7-3-4-8-19(16,17)15-10-5-6-12(18-2)11(13)9-10/h5-6,9,14-15H,3-4,7-8H2,1-2H3. The van der Waals surface area contributed by atoms with Crippen LogP contribution in [0.4, 0.5) is 5.69 Å². The zero-order chi connectivity index (χ0) is 14.3. The molecule has 0 radical (unpaired) electrons. The van der Waals surface area contributed by atoms with Crippen molar-refractivity contribution in [3.05, 3.63) is 23.2 Å². The monoisotopic (exact) mass is 306 g/mol. The highest BCUT2D eigenvalue weighted by molar-refractivity contribution is 7.92. The average molecular weight is 307 g/mol. The van der Waals surface area contributed by atoms with Gasteiger partial charge in [-0.1, -0.05) is 11.6 Å². The Morgan fingerprint density at radius 1 is 1.32 bits per heavy atom. The highest BCUT2D eigenvalue weighted by Gasteiger charge is 2.11. The summed E-state index contributed by atoms with van der Waals surface area (Å²) in [5.74, 6) is 0.608. The van der Waals surface area contributed by atoms with Gasteiger partial charge < -0.3 is 10.1 Å². The van der Waals surface area contributed by atoms with Crippen molar-refractivity contribution in [3.8, 4) is 5.75 Å². The van der Waals surface area contributed by atoms with Gasteiger partial charge in [0.15, 0.2) is 0 Å². The Bertz CT molecular complexity index is 506. The van der Waals surface area contributed by atoms with Crippen LogP contribution in [-0.2, 0) is 10.0 Å². The third kappa shape index (κ3) is 5.67. The van der Waals surface area contributed by atoms with Crippen molar-refractivity contribution in [2.75, 3.05) is 31.2 Å². The molecule has 0 atom stereocenters. The van der Waals surface area contributed by atoms with Crippen molar-refractivity contribution in [1.82, 2.24) is 5.32 Å². The van der Waals surface area contributed by atoms with Crippen LogP contribution in [0.1, 0.15) is 12.8 Å². The molecule has 0 spiro atoms. The van der Waals surface area contributed by atoms with Crippen LogP contribution in [0, 0.1) is 0 Å². The first-order valence-electron chi connectivity index (χ1n) is 5.97. The molecular weight excluding hydrogens is 288 g/mol. The molecule has 0 aliphatic carbocycles. The van der Waals surface area contributed by atoms with Crippen molar-refractivity contribution in [2.24, 2.45) is 0 Å². The van der Waals surface area contributed by atoms with Gasteiger partial charge >= 0.3 is 0 Å². The molecule has 2 N–H and O–H groups in total. The molecule has 0 aromatic heterocycles. The van der Waals surface area contributed by atoms with Gasteiger partial charge in [0.2, 0.25) is 10.0 Å². The Labute approximate surface area is 119 Å². The molecule has 5 nitrogen and oxygen atoms in total. The number of sulfonamides is 1. The van der Waals surface area contributed by atoms with Gasteiger partial charge in [0.25, 0.3) is 0 Å². The van der Waals surface area contributed by atoms with Gasteiger partial charge in [-0.15, -0.1) is 0 Å². The molecule has 1 aromatic carbocycles. The minimum atomic E-state index is -3.33. The minimum absolute atomic E-state index is 0.0956. The molecule has 0 aliphatic heterocycles. The first-order valence-corrected chi connectivity index (χ1v) is 8.00. The van der Waals surface area contributed by atoms with Crippen LogP contribution in [-0.4, -0.2) is 34.9 Å². The number of nitrogens with one attached hydrogen (secondary N) is 2. The normalized spacial score (nSPS) is 11.3. The van der Waals surface area contributed by atoms with Crippen LogP contribution in [0.2, 0.25) is 5.02 Å². The van der Waals surface area contributed by atoms with Crippen LogP contribution >= 0.6 is 11.6 Å². The maximum absolute atomic E-state index is 11.8. The fraction of sp³-hybridized carbons (Fsp3) is 0.500. The number of hydrogen-bond donors (Lipinski definition) is 2. The maximum Gasteiger partial charge on any atom is 0.232 e. The largest absolute Gasteiger partial charge is 0.495 e. The molecule has 1 rings (SSSR count). The quantitative estimate of drug-likeness (QED) is 0.722. The van der Waals surface area contributed by atoms with E-state index in [1.165, 1.54) is 13.2 Å². The Hall–Kier alpha value is -0.980. The summed E-state index contributed by atoms with van der Waals surface area (Å²) in [5.41, 5.74) is 0.444. The second kappa shape index (κ2) is 7.57. The topological polar surface area (TPSA) is 67.4 Å². The predicted molar refractivity (Wildman–Crippen MR) is 78.6 cm³/mol. The third-order valence-corrected chi connectivity index (χ3v) is 4.18. The van der Waals surface area contributed by atoms with E-state index in [0.717, 1.165) is 13.0 Å². The van der Waals surface area contributed by atoms with Crippen LogP contribution in [0.25, 0.3) is 0 Å². The molecule has 0 unspecified atom stereocenters. The first kappa shape index (κ1) is 16.1. The zero-order valence-corrected chi connectivity index (χ0v) is 12.6. The number of ether oxygens (including phenoxy) is 1. The number of rotatable bonds is 8. The van der Waals surface area contributed by atoms with Gasteiger partial charge in [-0.05, 0) is 44.6 Å². The van der Waals surface area contributed by atoms with Crippen molar-refractivity contribution >= 4 is 27.3 Å². The lowest BCUT2D eigenvalue weighted by Crippen LogP contribution is -2.18. The average Bonchev–Trinajstić information content (AvgIpc) is 2.34. The first-order chi connectivity index (χ1) is 8.98. The van der Waals surface area contributed by atoms with E-state index in [9.17, 15) is 8.42 Å². The minimum Gasteiger partial charge on any atom is -0.495 e. The molecule has 0 fully saturated rings. The molecule has 0 amide bonds. The SMILES string of the molecule is CNCCCCS(=O)(=O)Nc1ccc(OC)c(Cl)c1. The van der Waals surface area contributed by atoms with Crippen LogP contribution in [0.3, 0.4) is 0 Å².